The number of rotatable bonds is 5. The van der Waals surface area contributed by atoms with Gasteiger partial charge in [-0.1, -0.05) is 12.1 Å². The molecule has 1 rings (SSSR count). The summed E-state index contributed by atoms with van der Waals surface area (Å²) in [5.41, 5.74) is 0. The predicted molar refractivity (Wildman–Crippen MR) is 72.9 cm³/mol. The van der Waals surface area contributed by atoms with E-state index in [0.717, 1.165) is 4.90 Å². The van der Waals surface area contributed by atoms with Crippen molar-refractivity contribution < 1.29 is 23.8 Å². The zero-order valence-electron chi connectivity index (χ0n) is 12.1. The lowest BCUT2D eigenvalue weighted by atomic mass is 10.3. The average Bonchev–Trinajstić information content (AvgIpc) is 2.39. The van der Waals surface area contributed by atoms with Gasteiger partial charge in [0.15, 0.2) is 11.5 Å². The molecule has 0 aliphatic heterocycles. The van der Waals surface area contributed by atoms with Gasteiger partial charge in [0.05, 0.1) is 6.10 Å². The normalized spacial score (nSPS) is 10.2. The summed E-state index contributed by atoms with van der Waals surface area (Å²) in [5.74, 6) is 0.228. The van der Waals surface area contributed by atoms with Crippen molar-refractivity contribution in [1.29, 1.82) is 0 Å². The highest BCUT2D eigenvalue weighted by atomic mass is 16.6. The highest BCUT2D eigenvalue weighted by Crippen LogP contribution is 2.27. The monoisotopic (exact) mass is 281 g/mol. The number of amides is 2. The van der Waals surface area contributed by atoms with E-state index in [1.807, 2.05) is 13.8 Å². The van der Waals surface area contributed by atoms with Crippen molar-refractivity contribution in [3.8, 4) is 11.5 Å². The van der Waals surface area contributed by atoms with Crippen molar-refractivity contribution >= 4 is 12.0 Å². The minimum absolute atomic E-state index is 0.0531. The number of hydrogen-bond acceptors (Lipinski definition) is 5. The van der Waals surface area contributed by atoms with Gasteiger partial charge >= 0.3 is 6.09 Å². The lowest BCUT2D eigenvalue weighted by molar-refractivity contribution is -0.131. The zero-order valence-corrected chi connectivity index (χ0v) is 12.1. The van der Waals surface area contributed by atoms with Gasteiger partial charge in [0.1, 0.15) is 6.61 Å². The van der Waals surface area contributed by atoms with Crippen LogP contribution in [-0.2, 0) is 9.53 Å². The van der Waals surface area contributed by atoms with Gasteiger partial charge in [0, 0.05) is 14.2 Å². The first kappa shape index (κ1) is 16.0. The van der Waals surface area contributed by atoms with Gasteiger partial charge in [-0.3, -0.25) is 4.79 Å². The van der Waals surface area contributed by atoms with Crippen molar-refractivity contribution in [2.24, 2.45) is 0 Å². The number of imide groups is 1. The Morgan fingerprint density at radius 2 is 1.80 bits per heavy atom. The Morgan fingerprint density at radius 1 is 1.20 bits per heavy atom. The van der Waals surface area contributed by atoms with Crippen LogP contribution in [0.25, 0.3) is 0 Å². The molecule has 0 saturated heterocycles. The van der Waals surface area contributed by atoms with E-state index in [0.29, 0.717) is 5.75 Å². The lowest BCUT2D eigenvalue weighted by Crippen LogP contribution is -2.37. The van der Waals surface area contributed by atoms with Crippen LogP contribution in [0.4, 0.5) is 4.79 Å². The van der Waals surface area contributed by atoms with E-state index in [4.69, 9.17) is 9.47 Å². The molecule has 0 aliphatic carbocycles. The first-order chi connectivity index (χ1) is 9.45. The zero-order chi connectivity index (χ0) is 15.1. The van der Waals surface area contributed by atoms with Crippen molar-refractivity contribution in [2.75, 3.05) is 20.8 Å². The predicted octanol–water partition coefficient (Wildman–Crippen LogP) is 2.08. The number of nitrogens with zero attached hydrogens (tertiary/aromatic N) is 1. The number of benzene rings is 1. The molecule has 6 heteroatoms. The van der Waals surface area contributed by atoms with Crippen LogP contribution in [0.3, 0.4) is 0 Å². The van der Waals surface area contributed by atoms with E-state index in [2.05, 4.69) is 4.74 Å². The standard InChI is InChI=1S/C14H19NO5/c1-10(2)19-11-7-5-6-8-12(11)20-14(17)15(3)13(16)9-18-4/h5-8,10H,9H2,1-4H3. The number of para-hydroxylation sites is 2. The number of methoxy groups -OCH3 is 1. The third-order valence-electron chi connectivity index (χ3n) is 2.32. The van der Waals surface area contributed by atoms with Gasteiger partial charge in [-0.05, 0) is 26.0 Å². The van der Waals surface area contributed by atoms with Gasteiger partial charge < -0.3 is 14.2 Å². The molecular formula is C14H19NO5. The number of hydrogen-bond donors (Lipinski definition) is 0. The molecular weight excluding hydrogens is 262 g/mol. The molecule has 0 aromatic heterocycles. The lowest BCUT2D eigenvalue weighted by Gasteiger charge is -2.17. The maximum absolute atomic E-state index is 11.8. The van der Waals surface area contributed by atoms with E-state index in [1.54, 1.807) is 24.3 Å². The Bertz CT molecular complexity index is 472. The van der Waals surface area contributed by atoms with E-state index in [9.17, 15) is 9.59 Å². The fourth-order valence-corrected chi connectivity index (χ4v) is 1.37. The molecule has 0 N–H and O–H groups in total. The summed E-state index contributed by atoms with van der Waals surface area (Å²) in [6, 6.07) is 6.78. The smallest absolute Gasteiger partial charge is 0.421 e. The third-order valence-corrected chi connectivity index (χ3v) is 2.32. The fraction of sp³-hybridized carbons (Fsp3) is 0.429. The van der Waals surface area contributed by atoms with E-state index in [-0.39, 0.29) is 18.5 Å². The minimum atomic E-state index is -0.785. The van der Waals surface area contributed by atoms with Crippen LogP contribution in [0, 0.1) is 0 Å². The Kier molecular flexibility index (Phi) is 5.99. The van der Waals surface area contributed by atoms with Crippen molar-refractivity contribution in [3.63, 3.8) is 0 Å². The molecule has 20 heavy (non-hydrogen) atoms. The highest BCUT2D eigenvalue weighted by Gasteiger charge is 2.20. The average molecular weight is 281 g/mol. The van der Waals surface area contributed by atoms with Crippen molar-refractivity contribution in [3.05, 3.63) is 24.3 Å². The summed E-state index contributed by atoms with van der Waals surface area (Å²) in [7, 11) is 2.71. The molecule has 0 unspecified atom stereocenters. The minimum Gasteiger partial charge on any atom is -0.487 e. The number of carbonyl (C=O) groups is 2. The van der Waals surface area contributed by atoms with Gasteiger partial charge in [-0.25, -0.2) is 9.69 Å². The Labute approximate surface area is 118 Å². The second-order valence-electron chi connectivity index (χ2n) is 4.37. The molecule has 0 bridgehead atoms. The molecule has 110 valence electrons. The molecule has 1 aromatic rings. The molecule has 6 nitrogen and oxygen atoms in total. The second-order valence-corrected chi connectivity index (χ2v) is 4.37. The molecule has 0 spiro atoms. The summed E-state index contributed by atoms with van der Waals surface area (Å²) < 4.78 is 15.4. The summed E-state index contributed by atoms with van der Waals surface area (Å²) >= 11 is 0. The number of likely N-dealkylation sites (N-methyl/N-ethyl adjacent to an activating group) is 1. The fourth-order valence-electron chi connectivity index (χ4n) is 1.37. The summed E-state index contributed by atoms with van der Waals surface area (Å²) in [6.07, 6.45) is -0.838. The third kappa shape index (κ3) is 4.55. The van der Waals surface area contributed by atoms with Crippen molar-refractivity contribution in [1.82, 2.24) is 4.90 Å². The molecule has 2 amide bonds. The molecule has 1 aromatic carbocycles. The second kappa shape index (κ2) is 7.49. The van der Waals surface area contributed by atoms with Crippen LogP contribution >= 0.6 is 0 Å². The van der Waals surface area contributed by atoms with E-state index < -0.39 is 12.0 Å². The largest absolute Gasteiger partial charge is 0.487 e. The summed E-state index contributed by atoms with van der Waals surface area (Å²) in [6.45, 7) is 3.55. The van der Waals surface area contributed by atoms with Gasteiger partial charge in [0.2, 0.25) is 0 Å². The maximum atomic E-state index is 11.8. The van der Waals surface area contributed by atoms with Crippen LogP contribution in [-0.4, -0.2) is 43.8 Å². The first-order valence-electron chi connectivity index (χ1n) is 6.18. The molecule has 0 aliphatic rings. The quantitative estimate of drug-likeness (QED) is 0.826. The van der Waals surface area contributed by atoms with Gasteiger partial charge in [0.25, 0.3) is 5.91 Å². The summed E-state index contributed by atoms with van der Waals surface area (Å²) in [4.78, 5) is 24.2. The number of carbonyl (C=O) groups excluding carboxylic acids is 2. The summed E-state index contributed by atoms with van der Waals surface area (Å²) in [5, 5.41) is 0. The molecule has 0 fully saturated rings. The van der Waals surface area contributed by atoms with Crippen LogP contribution in [0.2, 0.25) is 0 Å². The van der Waals surface area contributed by atoms with Crippen LogP contribution in [0.5, 0.6) is 11.5 Å². The molecule has 0 radical (unpaired) electrons. The van der Waals surface area contributed by atoms with Crippen LogP contribution in [0.15, 0.2) is 24.3 Å². The van der Waals surface area contributed by atoms with E-state index in [1.165, 1.54) is 14.2 Å². The van der Waals surface area contributed by atoms with Crippen molar-refractivity contribution in [2.45, 2.75) is 20.0 Å². The van der Waals surface area contributed by atoms with E-state index >= 15 is 0 Å². The highest BCUT2D eigenvalue weighted by molar-refractivity contribution is 5.93. The maximum Gasteiger partial charge on any atom is 0.421 e. The molecule has 0 heterocycles. The van der Waals surface area contributed by atoms with Crippen LogP contribution < -0.4 is 9.47 Å². The Morgan fingerprint density at radius 3 is 2.35 bits per heavy atom. The van der Waals surface area contributed by atoms with Gasteiger partial charge in [-0.2, -0.15) is 0 Å². The Balaban J connectivity index is 2.77. The SMILES string of the molecule is COCC(=O)N(C)C(=O)Oc1ccccc1OC(C)C. The topological polar surface area (TPSA) is 65.1 Å². The van der Waals surface area contributed by atoms with Crippen LogP contribution in [0.1, 0.15) is 13.8 Å². The molecule has 0 saturated carbocycles. The Hall–Kier alpha value is -2.08. The first-order valence-corrected chi connectivity index (χ1v) is 6.18. The molecule has 0 atom stereocenters. The van der Waals surface area contributed by atoms with Gasteiger partial charge in [-0.15, -0.1) is 0 Å². The number of ether oxygens (including phenoxy) is 3.